The number of nitrogens with zero attached hydrogens (tertiary/aromatic N) is 2. The van der Waals surface area contributed by atoms with Gasteiger partial charge in [-0.25, -0.2) is 0 Å². The van der Waals surface area contributed by atoms with Crippen molar-refractivity contribution in [2.45, 2.75) is 37.1 Å². The van der Waals surface area contributed by atoms with Crippen molar-refractivity contribution in [1.29, 1.82) is 0 Å². The predicted octanol–water partition coefficient (Wildman–Crippen LogP) is 3.03. The number of amidine groups is 1. The number of benzene rings is 2. The maximum atomic E-state index is 13.0. The number of ether oxygens (including phenoxy) is 1. The molecule has 0 unspecified atom stereocenters. The van der Waals surface area contributed by atoms with Crippen molar-refractivity contribution in [2.24, 2.45) is 4.40 Å². The minimum absolute atomic E-state index is 0.168. The largest absolute Gasteiger partial charge is 0.494 e. The molecule has 1 saturated heterocycles. The molecule has 1 amide bonds. The highest BCUT2D eigenvalue weighted by Gasteiger charge is 2.37. The summed E-state index contributed by atoms with van der Waals surface area (Å²) in [6, 6.07) is 13.5. The summed E-state index contributed by atoms with van der Waals surface area (Å²) >= 11 is 0. The Morgan fingerprint density at radius 2 is 1.93 bits per heavy atom. The van der Waals surface area contributed by atoms with Gasteiger partial charge in [0.15, 0.2) is 5.84 Å². The number of carbonyl (C=O) groups is 1. The first-order chi connectivity index (χ1) is 14.0. The average Bonchev–Trinajstić information content (AvgIpc) is 3.01. The summed E-state index contributed by atoms with van der Waals surface area (Å²) in [7, 11) is -3.72. The van der Waals surface area contributed by atoms with E-state index >= 15 is 0 Å². The Morgan fingerprint density at radius 1 is 1.17 bits per heavy atom. The van der Waals surface area contributed by atoms with Crippen molar-refractivity contribution >= 4 is 27.5 Å². The molecule has 1 fully saturated rings. The van der Waals surface area contributed by atoms with Crippen LogP contribution in [-0.2, 0) is 14.8 Å². The van der Waals surface area contributed by atoms with E-state index < -0.39 is 16.1 Å². The number of hydrogen-bond acceptors (Lipinski definition) is 5. The van der Waals surface area contributed by atoms with Gasteiger partial charge in [0.05, 0.1) is 6.61 Å². The minimum Gasteiger partial charge on any atom is -0.494 e. The molecule has 0 spiro atoms. The molecular weight excluding hydrogens is 390 g/mol. The Labute approximate surface area is 170 Å². The van der Waals surface area contributed by atoms with E-state index in [0.717, 1.165) is 18.6 Å². The number of rotatable bonds is 4. The lowest BCUT2D eigenvalue weighted by atomic mass is 9.99. The zero-order chi connectivity index (χ0) is 20.4. The smallest absolute Gasteiger partial charge is 0.285 e. The van der Waals surface area contributed by atoms with Crippen LogP contribution in [0.4, 0.5) is 5.69 Å². The Kier molecular flexibility index (Phi) is 5.27. The third-order valence-corrected chi connectivity index (χ3v) is 6.45. The monoisotopic (exact) mass is 413 g/mol. The van der Waals surface area contributed by atoms with E-state index in [0.29, 0.717) is 36.7 Å². The van der Waals surface area contributed by atoms with Crippen LogP contribution in [0.1, 0.15) is 31.7 Å². The van der Waals surface area contributed by atoms with E-state index in [4.69, 9.17) is 4.74 Å². The van der Waals surface area contributed by atoms with Gasteiger partial charge in [-0.15, -0.1) is 4.40 Å². The molecule has 0 aromatic heterocycles. The van der Waals surface area contributed by atoms with Crippen LogP contribution in [0.25, 0.3) is 0 Å². The first-order valence-corrected chi connectivity index (χ1v) is 11.2. The van der Waals surface area contributed by atoms with E-state index in [1.807, 2.05) is 24.0 Å². The molecule has 0 saturated carbocycles. The Bertz CT molecular complexity index is 1050. The fourth-order valence-corrected chi connectivity index (χ4v) is 5.00. The lowest BCUT2D eigenvalue weighted by Crippen LogP contribution is -2.50. The molecular formula is C21H23N3O4S. The Balaban J connectivity index is 1.57. The van der Waals surface area contributed by atoms with Crippen molar-refractivity contribution < 1.29 is 17.9 Å². The fraction of sp³-hybridized carbons (Fsp3) is 0.333. The summed E-state index contributed by atoms with van der Waals surface area (Å²) in [6.45, 7) is 3.08. The van der Waals surface area contributed by atoms with Gasteiger partial charge in [-0.2, -0.15) is 8.42 Å². The highest BCUT2D eigenvalue weighted by Crippen LogP contribution is 2.31. The molecule has 0 aliphatic carbocycles. The maximum Gasteiger partial charge on any atom is 0.285 e. The van der Waals surface area contributed by atoms with E-state index in [9.17, 15) is 13.2 Å². The van der Waals surface area contributed by atoms with Crippen LogP contribution < -0.4 is 10.1 Å². The SMILES string of the molecule is CCOc1ccc(NC(=O)[C@H]2CCCCN2C2=NS(=O)(=O)c3ccccc32)cc1. The molecule has 8 heteroatoms. The highest BCUT2D eigenvalue weighted by atomic mass is 32.2. The fourth-order valence-electron chi connectivity index (χ4n) is 3.78. The average molecular weight is 413 g/mol. The zero-order valence-electron chi connectivity index (χ0n) is 16.2. The van der Waals surface area contributed by atoms with Crippen molar-refractivity contribution in [1.82, 2.24) is 4.90 Å². The molecule has 7 nitrogen and oxygen atoms in total. The second kappa shape index (κ2) is 7.87. The van der Waals surface area contributed by atoms with Gasteiger partial charge < -0.3 is 15.0 Å². The van der Waals surface area contributed by atoms with Crippen LogP contribution in [0.15, 0.2) is 57.8 Å². The minimum atomic E-state index is -3.72. The van der Waals surface area contributed by atoms with E-state index in [1.165, 1.54) is 0 Å². The van der Waals surface area contributed by atoms with Crippen LogP contribution in [0.3, 0.4) is 0 Å². The molecule has 2 aliphatic heterocycles. The van der Waals surface area contributed by atoms with Crippen LogP contribution in [0.5, 0.6) is 5.75 Å². The van der Waals surface area contributed by atoms with Crippen molar-refractivity contribution in [2.75, 3.05) is 18.5 Å². The third kappa shape index (κ3) is 3.85. The number of hydrogen-bond donors (Lipinski definition) is 1. The number of carbonyl (C=O) groups excluding carboxylic acids is 1. The molecule has 0 radical (unpaired) electrons. The van der Waals surface area contributed by atoms with Crippen molar-refractivity contribution in [3.8, 4) is 5.75 Å². The molecule has 2 aromatic carbocycles. The molecule has 4 rings (SSSR count). The van der Waals surface area contributed by atoms with E-state index in [2.05, 4.69) is 9.71 Å². The number of amides is 1. The van der Waals surface area contributed by atoms with Crippen LogP contribution in [-0.4, -0.2) is 44.3 Å². The lowest BCUT2D eigenvalue weighted by molar-refractivity contribution is -0.120. The summed E-state index contributed by atoms with van der Waals surface area (Å²) in [5.74, 6) is 0.942. The number of likely N-dealkylation sites (tertiary alicyclic amines) is 1. The molecule has 2 aromatic rings. The van der Waals surface area contributed by atoms with Gasteiger partial charge in [0, 0.05) is 17.8 Å². The van der Waals surface area contributed by atoms with Gasteiger partial charge in [0.25, 0.3) is 10.0 Å². The first-order valence-electron chi connectivity index (χ1n) is 9.74. The van der Waals surface area contributed by atoms with Gasteiger partial charge >= 0.3 is 0 Å². The van der Waals surface area contributed by atoms with Gasteiger partial charge in [-0.05, 0) is 62.6 Å². The molecule has 152 valence electrons. The summed E-state index contributed by atoms with van der Waals surface area (Å²) in [5, 5.41) is 2.94. The lowest BCUT2D eigenvalue weighted by Gasteiger charge is -2.36. The molecule has 29 heavy (non-hydrogen) atoms. The van der Waals surface area contributed by atoms with Gasteiger partial charge in [-0.3, -0.25) is 4.79 Å². The van der Waals surface area contributed by atoms with Crippen LogP contribution >= 0.6 is 0 Å². The summed E-state index contributed by atoms with van der Waals surface area (Å²) < 4.78 is 34.3. The Hall–Kier alpha value is -2.87. The molecule has 1 atom stereocenters. The summed E-state index contributed by atoms with van der Waals surface area (Å²) in [4.78, 5) is 15.1. The van der Waals surface area contributed by atoms with Gasteiger partial charge in [0.1, 0.15) is 16.7 Å². The van der Waals surface area contributed by atoms with E-state index in [1.54, 1.807) is 36.4 Å². The standard InChI is InChI=1S/C21H23N3O4S/c1-2-28-16-12-10-15(11-13-16)22-21(25)18-8-5-6-14-24(18)20-17-7-3-4-9-19(17)29(26,27)23-20/h3-4,7,9-13,18H,2,5-6,8,14H2,1H3,(H,22,25)/t18-/m1/s1. The maximum absolute atomic E-state index is 13.0. The van der Waals surface area contributed by atoms with Crippen LogP contribution in [0.2, 0.25) is 0 Å². The number of sulfonamides is 1. The third-order valence-electron chi connectivity index (χ3n) is 5.12. The molecule has 2 aliphatic rings. The van der Waals surface area contributed by atoms with E-state index in [-0.39, 0.29) is 10.8 Å². The normalized spacial score (nSPS) is 20.0. The summed E-state index contributed by atoms with van der Waals surface area (Å²) in [5.41, 5.74) is 1.23. The highest BCUT2D eigenvalue weighted by molar-refractivity contribution is 7.90. The zero-order valence-corrected chi connectivity index (χ0v) is 17.0. The van der Waals surface area contributed by atoms with Gasteiger partial charge in [-0.1, -0.05) is 12.1 Å². The van der Waals surface area contributed by atoms with Gasteiger partial charge in [0.2, 0.25) is 5.91 Å². The second-order valence-corrected chi connectivity index (χ2v) is 8.61. The first kappa shape index (κ1) is 19.4. The molecule has 1 N–H and O–H groups in total. The predicted molar refractivity (Wildman–Crippen MR) is 111 cm³/mol. The van der Waals surface area contributed by atoms with Crippen molar-refractivity contribution in [3.05, 3.63) is 54.1 Å². The number of piperidine rings is 1. The topological polar surface area (TPSA) is 88.1 Å². The number of nitrogens with one attached hydrogen (secondary N) is 1. The van der Waals surface area contributed by atoms with Crippen LogP contribution in [0, 0.1) is 0 Å². The number of anilines is 1. The number of fused-ring (bicyclic) bond motifs is 1. The second-order valence-electron chi connectivity index (χ2n) is 7.04. The quantitative estimate of drug-likeness (QED) is 0.832. The summed E-state index contributed by atoms with van der Waals surface area (Å²) in [6.07, 6.45) is 2.43. The molecule has 2 heterocycles. The molecule has 0 bridgehead atoms. The Morgan fingerprint density at radius 3 is 2.69 bits per heavy atom. The van der Waals surface area contributed by atoms with Crippen molar-refractivity contribution in [3.63, 3.8) is 0 Å².